The highest BCUT2D eigenvalue weighted by molar-refractivity contribution is 5.77. The molecule has 0 amide bonds. The van der Waals surface area contributed by atoms with Crippen LogP contribution in [-0.2, 0) is 19.3 Å². The average molecular weight is 372 g/mol. The number of halogens is 3. The number of rotatable bonds is 4. The summed E-state index contributed by atoms with van der Waals surface area (Å²) in [4.78, 5) is 17.2. The van der Waals surface area contributed by atoms with Crippen LogP contribution in [0.15, 0.2) is 49.1 Å². The maximum absolute atomic E-state index is 13.0. The Balaban J connectivity index is 1.76. The molecule has 0 bridgehead atoms. The molecule has 138 valence electrons. The van der Waals surface area contributed by atoms with Crippen LogP contribution in [0.4, 0.5) is 13.2 Å². The first-order chi connectivity index (χ1) is 13.0. The molecule has 3 aromatic heterocycles. The lowest BCUT2D eigenvalue weighted by atomic mass is 10.2. The van der Waals surface area contributed by atoms with Crippen molar-refractivity contribution in [2.75, 3.05) is 0 Å². The van der Waals surface area contributed by atoms with Crippen molar-refractivity contribution < 1.29 is 13.2 Å². The van der Waals surface area contributed by atoms with Gasteiger partial charge in [-0.3, -0.25) is 0 Å². The van der Waals surface area contributed by atoms with Gasteiger partial charge in [-0.25, -0.2) is 19.9 Å². The molecule has 3 heterocycles. The molecule has 0 radical (unpaired) electrons. The van der Waals surface area contributed by atoms with E-state index in [4.69, 9.17) is 0 Å². The van der Waals surface area contributed by atoms with Gasteiger partial charge in [-0.2, -0.15) is 13.2 Å². The fraction of sp³-hybridized carbons (Fsp3) is 0.222. The summed E-state index contributed by atoms with van der Waals surface area (Å²) in [5.74, 6) is 1.68. The van der Waals surface area contributed by atoms with Gasteiger partial charge in [0, 0.05) is 31.3 Å². The number of aryl methyl sites for hydroxylation is 1. The minimum Gasteiger partial charge on any atom is -0.327 e. The SMILES string of the molecule is CCn1c(Cn2ccnc2-c2ncccn2)nc2ccc(C(F)(F)F)cc21. The van der Waals surface area contributed by atoms with E-state index in [0.717, 1.165) is 12.1 Å². The van der Waals surface area contributed by atoms with Crippen molar-refractivity contribution in [2.45, 2.75) is 26.2 Å². The minimum absolute atomic E-state index is 0.345. The second kappa shape index (κ2) is 6.49. The minimum atomic E-state index is -4.39. The molecule has 0 saturated heterocycles. The largest absolute Gasteiger partial charge is 0.416 e. The second-order valence-electron chi connectivity index (χ2n) is 5.92. The summed E-state index contributed by atoms with van der Waals surface area (Å²) in [7, 11) is 0. The first kappa shape index (κ1) is 17.2. The van der Waals surface area contributed by atoms with Crippen molar-refractivity contribution in [3.63, 3.8) is 0 Å². The molecular weight excluding hydrogens is 357 g/mol. The zero-order chi connectivity index (χ0) is 19.0. The molecule has 0 N–H and O–H groups in total. The zero-order valence-electron chi connectivity index (χ0n) is 14.4. The second-order valence-corrected chi connectivity index (χ2v) is 5.92. The van der Waals surface area contributed by atoms with E-state index in [0.29, 0.717) is 41.6 Å². The van der Waals surface area contributed by atoms with Crippen LogP contribution in [0.1, 0.15) is 18.3 Å². The number of imidazole rings is 2. The molecule has 0 aliphatic carbocycles. The Hall–Kier alpha value is -3.23. The van der Waals surface area contributed by atoms with Crippen LogP contribution >= 0.6 is 0 Å². The number of fused-ring (bicyclic) bond motifs is 1. The number of benzene rings is 1. The summed E-state index contributed by atoms with van der Waals surface area (Å²) in [5.41, 5.74) is 0.301. The maximum Gasteiger partial charge on any atom is 0.416 e. The van der Waals surface area contributed by atoms with Crippen molar-refractivity contribution >= 4 is 11.0 Å². The van der Waals surface area contributed by atoms with Crippen molar-refractivity contribution in [1.29, 1.82) is 0 Å². The Kier molecular flexibility index (Phi) is 4.14. The molecule has 0 spiro atoms. The van der Waals surface area contributed by atoms with E-state index in [1.807, 2.05) is 11.5 Å². The number of nitrogens with zero attached hydrogens (tertiary/aromatic N) is 6. The van der Waals surface area contributed by atoms with E-state index >= 15 is 0 Å². The van der Waals surface area contributed by atoms with Crippen molar-refractivity contribution in [3.8, 4) is 11.6 Å². The highest BCUT2D eigenvalue weighted by Gasteiger charge is 2.31. The third kappa shape index (κ3) is 3.16. The van der Waals surface area contributed by atoms with E-state index in [2.05, 4.69) is 19.9 Å². The van der Waals surface area contributed by atoms with E-state index in [1.165, 1.54) is 6.07 Å². The van der Waals surface area contributed by atoms with Gasteiger partial charge >= 0.3 is 6.18 Å². The molecule has 0 unspecified atom stereocenters. The quantitative estimate of drug-likeness (QED) is 0.547. The van der Waals surface area contributed by atoms with E-state index < -0.39 is 11.7 Å². The predicted molar refractivity (Wildman–Crippen MR) is 92.8 cm³/mol. The summed E-state index contributed by atoms with van der Waals surface area (Å²) >= 11 is 0. The fourth-order valence-corrected chi connectivity index (χ4v) is 3.03. The number of aromatic nitrogens is 6. The van der Waals surface area contributed by atoms with Crippen LogP contribution in [0, 0.1) is 0 Å². The Morgan fingerprint density at radius 1 is 1.04 bits per heavy atom. The van der Waals surface area contributed by atoms with Crippen molar-refractivity contribution in [2.24, 2.45) is 0 Å². The molecule has 0 fully saturated rings. The topological polar surface area (TPSA) is 61.4 Å². The third-order valence-corrected chi connectivity index (χ3v) is 4.26. The summed E-state index contributed by atoms with van der Waals surface area (Å²) in [6.45, 7) is 2.72. The molecule has 1 aromatic carbocycles. The Morgan fingerprint density at radius 3 is 2.52 bits per heavy atom. The molecule has 4 aromatic rings. The Morgan fingerprint density at radius 2 is 1.81 bits per heavy atom. The molecule has 6 nitrogen and oxygen atoms in total. The zero-order valence-corrected chi connectivity index (χ0v) is 14.4. The van der Waals surface area contributed by atoms with Gasteiger partial charge in [-0.1, -0.05) is 0 Å². The molecule has 27 heavy (non-hydrogen) atoms. The van der Waals surface area contributed by atoms with Crippen LogP contribution in [-0.4, -0.2) is 29.1 Å². The summed E-state index contributed by atoms with van der Waals surface area (Å²) in [6, 6.07) is 5.32. The Bertz CT molecular complexity index is 1080. The normalized spacial score (nSPS) is 12.0. The first-order valence-corrected chi connectivity index (χ1v) is 8.32. The highest BCUT2D eigenvalue weighted by Crippen LogP contribution is 2.31. The fourth-order valence-electron chi connectivity index (χ4n) is 3.03. The van der Waals surface area contributed by atoms with Crippen LogP contribution in [0.5, 0.6) is 0 Å². The summed E-state index contributed by atoms with van der Waals surface area (Å²) in [6.07, 6.45) is 2.26. The molecular formula is C18H15F3N6. The number of hydrogen-bond donors (Lipinski definition) is 0. The smallest absolute Gasteiger partial charge is 0.327 e. The van der Waals surface area contributed by atoms with E-state index in [-0.39, 0.29) is 0 Å². The van der Waals surface area contributed by atoms with E-state index in [9.17, 15) is 13.2 Å². The van der Waals surface area contributed by atoms with Gasteiger partial charge in [-0.05, 0) is 31.2 Å². The molecule has 0 saturated carbocycles. The van der Waals surface area contributed by atoms with Crippen LogP contribution in [0.3, 0.4) is 0 Å². The van der Waals surface area contributed by atoms with Gasteiger partial charge in [-0.15, -0.1) is 0 Å². The third-order valence-electron chi connectivity index (χ3n) is 4.26. The van der Waals surface area contributed by atoms with Crippen LogP contribution < -0.4 is 0 Å². The maximum atomic E-state index is 13.0. The average Bonchev–Trinajstić information content (AvgIpc) is 3.25. The van der Waals surface area contributed by atoms with Gasteiger partial charge in [0.1, 0.15) is 5.82 Å². The monoisotopic (exact) mass is 372 g/mol. The molecule has 9 heteroatoms. The summed E-state index contributed by atoms with van der Waals surface area (Å²) < 4.78 is 42.7. The standard InChI is InChI=1S/C18H15F3N6/c1-2-27-14-10-12(18(19,20)21)4-5-13(14)25-15(27)11-26-9-8-24-17(26)16-22-6-3-7-23-16/h3-10H,2,11H2,1H3. The molecule has 0 aliphatic rings. The highest BCUT2D eigenvalue weighted by atomic mass is 19.4. The molecule has 0 atom stereocenters. The lowest BCUT2D eigenvalue weighted by molar-refractivity contribution is -0.137. The lowest BCUT2D eigenvalue weighted by Crippen LogP contribution is -2.09. The van der Waals surface area contributed by atoms with Gasteiger partial charge in [0.15, 0.2) is 11.6 Å². The number of hydrogen-bond acceptors (Lipinski definition) is 4. The lowest BCUT2D eigenvalue weighted by Gasteiger charge is -2.10. The van der Waals surface area contributed by atoms with Crippen LogP contribution in [0.2, 0.25) is 0 Å². The number of alkyl halides is 3. The van der Waals surface area contributed by atoms with Crippen LogP contribution in [0.25, 0.3) is 22.7 Å². The summed E-state index contributed by atoms with van der Waals surface area (Å²) in [5, 5.41) is 0. The van der Waals surface area contributed by atoms with Crippen molar-refractivity contribution in [1.82, 2.24) is 29.1 Å². The van der Waals surface area contributed by atoms with Crippen molar-refractivity contribution in [3.05, 3.63) is 60.4 Å². The molecule has 0 aliphatic heterocycles. The van der Waals surface area contributed by atoms with Gasteiger partial charge < -0.3 is 9.13 Å². The van der Waals surface area contributed by atoms with Gasteiger partial charge in [0.25, 0.3) is 0 Å². The van der Waals surface area contributed by atoms with Gasteiger partial charge in [0.05, 0.1) is 23.1 Å². The first-order valence-electron chi connectivity index (χ1n) is 8.32. The Labute approximate surface area is 152 Å². The predicted octanol–water partition coefficient (Wildman–Crippen LogP) is 3.78. The van der Waals surface area contributed by atoms with E-state index in [1.54, 1.807) is 35.4 Å². The van der Waals surface area contributed by atoms with Gasteiger partial charge in [0.2, 0.25) is 0 Å². The molecule has 4 rings (SSSR count).